The van der Waals surface area contributed by atoms with Gasteiger partial charge >= 0.3 is 0 Å². The number of hydrogen-bond donors (Lipinski definition) is 1. The van der Waals surface area contributed by atoms with Crippen LogP contribution in [-0.4, -0.2) is 18.0 Å². The number of aryl methyl sites for hydroxylation is 1. The van der Waals surface area contributed by atoms with Crippen LogP contribution in [0.3, 0.4) is 0 Å². The summed E-state index contributed by atoms with van der Waals surface area (Å²) < 4.78 is 5.28. The Kier molecular flexibility index (Phi) is 5.46. The average molecular weight is 352 g/mol. The Morgan fingerprint density at radius 2 is 1.92 bits per heavy atom. The van der Waals surface area contributed by atoms with E-state index in [0.717, 1.165) is 33.1 Å². The number of aromatic nitrogens is 1. The maximum Gasteiger partial charge on any atom is 0.224 e. The highest BCUT2D eigenvalue weighted by molar-refractivity contribution is 7.13. The van der Waals surface area contributed by atoms with Crippen molar-refractivity contribution in [1.29, 1.82) is 0 Å². The topological polar surface area (TPSA) is 51.2 Å². The lowest BCUT2D eigenvalue weighted by Crippen LogP contribution is -2.24. The number of thiazole rings is 1. The van der Waals surface area contributed by atoms with E-state index in [-0.39, 0.29) is 5.91 Å². The van der Waals surface area contributed by atoms with Crippen LogP contribution < -0.4 is 10.1 Å². The molecular formula is C20H20N2O2S. The van der Waals surface area contributed by atoms with E-state index in [0.29, 0.717) is 13.0 Å². The van der Waals surface area contributed by atoms with Gasteiger partial charge in [0, 0.05) is 28.7 Å². The lowest BCUT2D eigenvalue weighted by molar-refractivity contribution is -0.120. The van der Waals surface area contributed by atoms with Crippen LogP contribution in [0.2, 0.25) is 0 Å². The van der Waals surface area contributed by atoms with Gasteiger partial charge in [0.05, 0.1) is 13.5 Å². The van der Waals surface area contributed by atoms with Crippen molar-refractivity contribution in [1.82, 2.24) is 10.3 Å². The molecule has 25 heavy (non-hydrogen) atoms. The number of amides is 1. The Morgan fingerprint density at radius 1 is 1.16 bits per heavy atom. The molecule has 1 aromatic heterocycles. The van der Waals surface area contributed by atoms with Gasteiger partial charge in [0.25, 0.3) is 0 Å². The molecular weight excluding hydrogens is 332 g/mol. The molecule has 1 amide bonds. The minimum Gasteiger partial charge on any atom is -0.496 e. The molecule has 1 N–H and O–H groups in total. The van der Waals surface area contributed by atoms with Gasteiger partial charge in [-0.2, -0.15) is 0 Å². The van der Waals surface area contributed by atoms with Crippen molar-refractivity contribution in [3.8, 4) is 16.3 Å². The number of ether oxygens (including phenoxy) is 1. The zero-order valence-electron chi connectivity index (χ0n) is 14.3. The lowest BCUT2D eigenvalue weighted by atomic mass is 10.1. The van der Waals surface area contributed by atoms with Gasteiger partial charge in [-0.1, -0.05) is 42.5 Å². The summed E-state index contributed by atoms with van der Waals surface area (Å²) in [5, 5.41) is 6.02. The predicted molar refractivity (Wildman–Crippen MR) is 101 cm³/mol. The van der Waals surface area contributed by atoms with E-state index in [1.54, 1.807) is 18.4 Å². The van der Waals surface area contributed by atoms with Gasteiger partial charge < -0.3 is 10.1 Å². The number of nitrogens with zero attached hydrogens (tertiary/aromatic N) is 1. The highest BCUT2D eigenvalue weighted by Crippen LogP contribution is 2.23. The molecule has 0 saturated carbocycles. The van der Waals surface area contributed by atoms with Crippen LogP contribution in [0.25, 0.3) is 10.6 Å². The fourth-order valence-electron chi connectivity index (χ4n) is 2.54. The monoisotopic (exact) mass is 352 g/mol. The summed E-state index contributed by atoms with van der Waals surface area (Å²) in [4.78, 5) is 16.7. The van der Waals surface area contributed by atoms with E-state index in [1.807, 2.05) is 60.8 Å². The van der Waals surface area contributed by atoms with Crippen molar-refractivity contribution < 1.29 is 9.53 Å². The Labute approximate surface area is 151 Å². The normalized spacial score (nSPS) is 10.5. The minimum absolute atomic E-state index is 0.0240. The second kappa shape index (κ2) is 7.94. The third-order valence-electron chi connectivity index (χ3n) is 3.85. The molecule has 128 valence electrons. The fraction of sp³-hybridized carbons (Fsp3) is 0.200. The Hall–Kier alpha value is -2.66. The van der Waals surface area contributed by atoms with Gasteiger partial charge in [0.2, 0.25) is 5.91 Å². The number of rotatable bonds is 6. The van der Waals surface area contributed by atoms with E-state index in [1.165, 1.54) is 0 Å². The first-order valence-corrected chi connectivity index (χ1v) is 8.93. The molecule has 4 nitrogen and oxygen atoms in total. The zero-order chi connectivity index (χ0) is 17.6. The first kappa shape index (κ1) is 17.2. The van der Waals surface area contributed by atoms with E-state index in [9.17, 15) is 4.79 Å². The van der Waals surface area contributed by atoms with Crippen LogP contribution >= 0.6 is 11.3 Å². The van der Waals surface area contributed by atoms with E-state index >= 15 is 0 Å². The van der Waals surface area contributed by atoms with Crippen LogP contribution in [-0.2, 0) is 17.8 Å². The number of hydrogen-bond acceptors (Lipinski definition) is 4. The highest BCUT2D eigenvalue weighted by atomic mass is 32.1. The zero-order valence-corrected chi connectivity index (χ0v) is 15.1. The highest BCUT2D eigenvalue weighted by Gasteiger charge is 2.08. The maximum atomic E-state index is 12.2. The SMILES string of the molecule is COc1ccccc1CC(=O)NCc1ccc(-c2nc(C)cs2)cc1. The van der Waals surface area contributed by atoms with Crippen LogP contribution in [0.5, 0.6) is 5.75 Å². The Morgan fingerprint density at radius 3 is 2.60 bits per heavy atom. The van der Waals surface area contributed by atoms with Crippen molar-refractivity contribution >= 4 is 17.2 Å². The summed E-state index contributed by atoms with van der Waals surface area (Å²) in [7, 11) is 1.61. The third kappa shape index (κ3) is 4.45. The third-order valence-corrected chi connectivity index (χ3v) is 4.86. The molecule has 5 heteroatoms. The van der Waals surface area contributed by atoms with Gasteiger partial charge in [0.15, 0.2) is 0 Å². The van der Waals surface area contributed by atoms with Crippen LogP contribution in [0.4, 0.5) is 0 Å². The number of nitrogens with one attached hydrogen (secondary N) is 1. The lowest BCUT2D eigenvalue weighted by Gasteiger charge is -2.09. The van der Waals surface area contributed by atoms with Gasteiger partial charge in [-0.3, -0.25) is 4.79 Å². The van der Waals surface area contributed by atoms with Gasteiger partial charge in [0.1, 0.15) is 10.8 Å². The first-order chi connectivity index (χ1) is 12.2. The Bertz CT molecular complexity index is 856. The summed E-state index contributed by atoms with van der Waals surface area (Å²) in [6, 6.07) is 15.7. The standard InChI is InChI=1S/C20H20N2O2S/c1-14-13-25-20(22-14)16-9-7-15(8-10-16)12-21-19(23)11-17-5-3-4-6-18(17)24-2/h3-10,13H,11-12H2,1-2H3,(H,21,23). The number of carbonyl (C=O) groups is 1. The second-order valence-corrected chi connectivity index (χ2v) is 6.61. The molecule has 0 fully saturated rings. The maximum absolute atomic E-state index is 12.2. The number of para-hydroxylation sites is 1. The number of carbonyl (C=O) groups excluding carboxylic acids is 1. The van der Waals surface area contributed by atoms with Crippen molar-refractivity contribution in [2.75, 3.05) is 7.11 Å². The van der Waals surface area contributed by atoms with Crippen LogP contribution in [0, 0.1) is 6.92 Å². The van der Waals surface area contributed by atoms with Crippen molar-refractivity contribution in [3.63, 3.8) is 0 Å². The van der Waals surface area contributed by atoms with Gasteiger partial charge in [-0.25, -0.2) is 4.98 Å². The average Bonchev–Trinajstić information content (AvgIpc) is 3.07. The largest absolute Gasteiger partial charge is 0.496 e. The molecule has 0 radical (unpaired) electrons. The van der Waals surface area contributed by atoms with Gasteiger partial charge in [-0.05, 0) is 18.6 Å². The minimum atomic E-state index is -0.0240. The molecule has 0 spiro atoms. The molecule has 0 aliphatic heterocycles. The molecule has 0 aliphatic carbocycles. The fourth-order valence-corrected chi connectivity index (χ4v) is 3.34. The summed E-state index contributed by atoms with van der Waals surface area (Å²) >= 11 is 1.64. The molecule has 0 unspecified atom stereocenters. The van der Waals surface area contributed by atoms with Crippen molar-refractivity contribution in [2.45, 2.75) is 19.9 Å². The second-order valence-electron chi connectivity index (χ2n) is 5.76. The van der Waals surface area contributed by atoms with E-state index < -0.39 is 0 Å². The molecule has 0 saturated heterocycles. The predicted octanol–water partition coefficient (Wildman–Crippen LogP) is 3.99. The van der Waals surface area contributed by atoms with Gasteiger partial charge in [-0.15, -0.1) is 11.3 Å². The summed E-state index contributed by atoms with van der Waals surface area (Å²) in [6.07, 6.45) is 0.306. The number of benzene rings is 2. The molecule has 0 bridgehead atoms. The summed E-state index contributed by atoms with van der Waals surface area (Å²) in [6.45, 7) is 2.50. The molecule has 2 aromatic carbocycles. The Balaban J connectivity index is 1.57. The molecule has 0 aliphatic rings. The molecule has 0 atom stereocenters. The molecule has 3 rings (SSSR count). The molecule has 3 aromatic rings. The van der Waals surface area contributed by atoms with Crippen molar-refractivity contribution in [3.05, 3.63) is 70.7 Å². The number of methoxy groups -OCH3 is 1. The quantitative estimate of drug-likeness (QED) is 0.730. The summed E-state index contributed by atoms with van der Waals surface area (Å²) in [5.41, 5.74) is 4.08. The first-order valence-electron chi connectivity index (χ1n) is 8.06. The van der Waals surface area contributed by atoms with E-state index in [2.05, 4.69) is 10.3 Å². The smallest absolute Gasteiger partial charge is 0.224 e. The summed E-state index contributed by atoms with van der Waals surface area (Å²) in [5.74, 6) is 0.713. The molecule has 1 heterocycles. The van der Waals surface area contributed by atoms with Crippen molar-refractivity contribution in [2.24, 2.45) is 0 Å². The van der Waals surface area contributed by atoms with Crippen LogP contribution in [0.15, 0.2) is 53.9 Å². The van der Waals surface area contributed by atoms with E-state index in [4.69, 9.17) is 4.74 Å². The van der Waals surface area contributed by atoms with Crippen LogP contribution in [0.1, 0.15) is 16.8 Å².